The monoisotopic (exact) mass is 411 g/mol. The molecule has 1 aromatic carbocycles. The summed E-state index contributed by atoms with van der Waals surface area (Å²) in [7, 11) is 5.33. The van der Waals surface area contributed by atoms with E-state index in [4.69, 9.17) is 13.6 Å². The number of furan rings is 2. The molecule has 3 aromatic rings. The minimum Gasteiger partial charge on any atom is -0.467 e. The number of hydrogen-bond donors (Lipinski definition) is 1. The van der Waals surface area contributed by atoms with E-state index in [0.29, 0.717) is 24.5 Å². The fraction of sp³-hybridized carbons (Fsp3) is 0.273. The summed E-state index contributed by atoms with van der Waals surface area (Å²) in [5.74, 6) is 0.395. The Morgan fingerprint density at radius 2 is 1.80 bits per heavy atom. The van der Waals surface area contributed by atoms with Gasteiger partial charge in [0.15, 0.2) is 5.76 Å². The predicted molar refractivity (Wildman–Crippen MR) is 112 cm³/mol. The minimum absolute atomic E-state index is 0.0348. The van der Waals surface area contributed by atoms with Gasteiger partial charge in [0.2, 0.25) is 5.91 Å². The average molecular weight is 411 g/mol. The molecule has 3 rings (SSSR count). The molecule has 0 saturated heterocycles. The number of carbonyl (C=O) groups excluding carboxylic acids is 2. The van der Waals surface area contributed by atoms with Gasteiger partial charge in [-0.15, -0.1) is 0 Å². The summed E-state index contributed by atoms with van der Waals surface area (Å²) in [5.41, 5.74) is 2.41. The number of rotatable bonds is 9. The van der Waals surface area contributed by atoms with Crippen molar-refractivity contribution in [1.82, 2.24) is 4.90 Å². The SMILES string of the molecule is COCC(=O)N(Cc1ccco1)Cc1cc(NC(=O)c2ccco2)ccc1N(C)C. The Morgan fingerprint density at radius 1 is 1.03 bits per heavy atom. The number of ether oxygens (including phenoxy) is 1. The van der Waals surface area contributed by atoms with Crippen LogP contribution in [0.3, 0.4) is 0 Å². The lowest BCUT2D eigenvalue weighted by Gasteiger charge is -2.25. The van der Waals surface area contributed by atoms with E-state index in [2.05, 4.69) is 5.32 Å². The van der Waals surface area contributed by atoms with Crippen molar-refractivity contribution < 1.29 is 23.2 Å². The zero-order chi connectivity index (χ0) is 21.5. The Hall–Kier alpha value is -3.52. The first-order valence-corrected chi connectivity index (χ1v) is 9.42. The first kappa shape index (κ1) is 21.2. The van der Waals surface area contributed by atoms with Crippen LogP contribution in [0.2, 0.25) is 0 Å². The Labute approximate surface area is 175 Å². The van der Waals surface area contributed by atoms with E-state index in [9.17, 15) is 9.59 Å². The molecule has 8 heteroatoms. The molecule has 0 bridgehead atoms. The van der Waals surface area contributed by atoms with E-state index in [1.165, 1.54) is 13.4 Å². The van der Waals surface area contributed by atoms with Crippen molar-refractivity contribution in [2.45, 2.75) is 13.1 Å². The first-order valence-electron chi connectivity index (χ1n) is 9.42. The minimum atomic E-state index is -0.341. The van der Waals surface area contributed by atoms with Crippen LogP contribution < -0.4 is 10.2 Å². The summed E-state index contributed by atoms with van der Waals surface area (Å²) in [6.07, 6.45) is 3.02. The molecule has 2 heterocycles. The molecule has 0 aliphatic heterocycles. The van der Waals surface area contributed by atoms with Crippen molar-refractivity contribution in [3.05, 3.63) is 72.1 Å². The van der Waals surface area contributed by atoms with Gasteiger partial charge in [-0.1, -0.05) is 0 Å². The maximum atomic E-state index is 12.6. The van der Waals surface area contributed by atoms with E-state index in [1.807, 2.05) is 43.3 Å². The second-order valence-electron chi connectivity index (χ2n) is 6.93. The van der Waals surface area contributed by atoms with Crippen molar-refractivity contribution in [2.24, 2.45) is 0 Å². The number of benzene rings is 1. The van der Waals surface area contributed by atoms with Crippen molar-refractivity contribution in [1.29, 1.82) is 0 Å². The molecule has 2 amide bonds. The molecular weight excluding hydrogens is 386 g/mol. The van der Waals surface area contributed by atoms with Crippen molar-refractivity contribution >= 4 is 23.2 Å². The van der Waals surface area contributed by atoms with Crippen molar-refractivity contribution in [2.75, 3.05) is 38.0 Å². The van der Waals surface area contributed by atoms with E-state index < -0.39 is 0 Å². The molecule has 1 N–H and O–H groups in total. The molecule has 158 valence electrons. The van der Waals surface area contributed by atoms with E-state index in [1.54, 1.807) is 29.4 Å². The Morgan fingerprint density at radius 3 is 2.43 bits per heavy atom. The van der Waals surface area contributed by atoms with Crippen LogP contribution in [0, 0.1) is 0 Å². The zero-order valence-electron chi connectivity index (χ0n) is 17.3. The number of nitrogens with one attached hydrogen (secondary N) is 1. The largest absolute Gasteiger partial charge is 0.467 e. The molecule has 0 spiro atoms. The molecule has 2 aromatic heterocycles. The van der Waals surface area contributed by atoms with Crippen LogP contribution in [-0.4, -0.2) is 44.5 Å². The normalized spacial score (nSPS) is 10.6. The smallest absolute Gasteiger partial charge is 0.291 e. The van der Waals surface area contributed by atoms with Gasteiger partial charge in [-0.05, 0) is 48.0 Å². The summed E-state index contributed by atoms with van der Waals surface area (Å²) in [6.45, 7) is 0.596. The summed E-state index contributed by atoms with van der Waals surface area (Å²) < 4.78 is 15.6. The van der Waals surface area contributed by atoms with Gasteiger partial charge in [0.05, 0.1) is 19.1 Å². The van der Waals surface area contributed by atoms with E-state index >= 15 is 0 Å². The molecule has 0 radical (unpaired) electrons. The Bertz CT molecular complexity index is 965. The van der Waals surface area contributed by atoms with Gasteiger partial charge in [0.1, 0.15) is 12.4 Å². The highest BCUT2D eigenvalue weighted by Crippen LogP contribution is 2.26. The fourth-order valence-electron chi connectivity index (χ4n) is 3.07. The lowest BCUT2D eigenvalue weighted by molar-refractivity contribution is -0.136. The molecule has 0 atom stereocenters. The number of amides is 2. The van der Waals surface area contributed by atoms with E-state index in [-0.39, 0.29) is 24.2 Å². The first-order chi connectivity index (χ1) is 14.5. The topological polar surface area (TPSA) is 88.2 Å². The standard InChI is InChI=1S/C22H25N3O5/c1-24(2)19-9-8-17(23-22(27)20-7-5-11-30-20)12-16(19)13-25(21(26)15-28-3)14-18-6-4-10-29-18/h4-12H,13-15H2,1-3H3,(H,23,27). The number of hydrogen-bond acceptors (Lipinski definition) is 6. The number of nitrogens with zero attached hydrogens (tertiary/aromatic N) is 2. The second-order valence-corrected chi connectivity index (χ2v) is 6.93. The molecule has 30 heavy (non-hydrogen) atoms. The third kappa shape index (κ3) is 5.30. The number of anilines is 2. The predicted octanol–water partition coefficient (Wildman–Crippen LogP) is 3.37. The van der Waals surface area contributed by atoms with Crippen LogP contribution >= 0.6 is 0 Å². The van der Waals surface area contributed by atoms with Crippen molar-refractivity contribution in [3.8, 4) is 0 Å². The maximum absolute atomic E-state index is 12.6. The quantitative estimate of drug-likeness (QED) is 0.581. The zero-order valence-corrected chi connectivity index (χ0v) is 17.3. The Kier molecular flexibility index (Phi) is 6.92. The van der Waals surface area contributed by atoms with Crippen LogP contribution in [-0.2, 0) is 22.6 Å². The number of methoxy groups -OCH3 is 1. The van der Waals surface area contributed by atoms with Gasteiger partial charge in [-0.3, -0.25) is 9.59 Å². The molecule has 0 unspecified atom stereocenters. The van der Waals surface area contributed by atoms with Gasteiger partial charge < -0.3 is 28.7 Å². The van der Waals surface area contributed by atoms with Crippen LogP contribution in [0.25, 0.3) is 0 Å². The highest BCUT2D eigenvalue weighted by atomic mass is 16.5. The average Bonchev–Trinajstić information content (AvgIpc) is 3.42. The third-order valence-electron chi connectivity index (χ3n) is 4.47. The highest BCUT2D eigenvalue weighted by molar-refractivity contribution is 6.02. The Balaban J connectivity index is 1.86. The maximum Gasteiger partial charge on any atom is 0.291 e. The molecule has 0 fully saturated rings. The van der Waals surface area contributed by atoms with Crippen LogP contribution in [0.1, 0.15) is 21.9 Å². The van der Waals surface area contributed by atoms with Gasteiger partial charge in [0, 0.05) is 39.1 Å². The lowest BCUT2D eigenvalue weighted by atomic mass is 10.1. The lowest BCUT2D eigenvalue weighted by Crippen LogP contribution is -2.33. The van der Waals surface area contributed by atoms with Crippen LogP contribution in [0.4, 0.5) is 11.4 Å². The van der Waals surface area contributed by atoms with Crippen molar-refractivity contribution in [3.63, 3.8) is 0 Å². The summed E-state index contributed by atoms with van der Waals surface area (Å²) >= 11 is 0. The van der Waals surface area contributed by atoms with Gasteiger partial charge >= 0.3 is 0 Å². The molecular formula is C22H25N3O5. The van der Waals surface area contributed by atoms with Gasteiger partial charge in [-0.2, -0.15) is 0 Å². The van der Waals surface area contributed by atoms with Crippen LogP contribution in [0.15, 0.2) is 63.8 Å². The van der Waals surface area contributed by atoms with Gasteiger partial charge in [-0.25, -0.2) is 0 Å². The molecule has 0 aliphatic rings. The van der Waals surface area contributed by atoms with Crippen LogP contribution in [0.5, 0.6) is 0 Å². The highest BCUT2D eigenvalue weighted by Gasteiger charge is 2.19. The fourth-order valence-corrected chi connectivity index (χ4v) is 3.07. The second kappa shape index (κ2) is 9.80. The third-order valence-corrected chi connectivity index (χ3v) is 4.47. The number of carbonyl (C=O) groups is 2. The molecule has 0 aliphatic carbocycles. The summed E-state index contributed by atoms with van der Waals surface area (Å²) in [4.78, 5) is 28.6. The van der Waals surface area contributed by atoms with E-state index in [0.717, 1.165) is 11.3 Å². The van der Waals surface area contributed by atoms with Gasteiger partial charge in [0.25, 0.3) is 5.91 Å². The molecule has 8 nitrogen and oxygen atoms in total. The summed E-state index contributed by atoms with van der Waals surface area (Å²) in [6, 6.07) is 12.4. The summed E-state index contributed by atoms with van der Waals surface area (Å²) in [5, 5.41) is 2.83. The molecule has 0 saturated carbocycles.